The molecule has 0 bridgehead atoms. The third-order valence-corrected chi connectivity index (χ3v) is 4.12. The Hall–Kier alpha value is -2.54. The molecule has 2 aromatic rings. The van der Waals surface area contributed by atoms with E-state index >= 15 is 0 Å². The van der Waals surface area contributed by atoms with Gasteiger partial charge in [-0.1, -0.05) is 0 Å². The predicted octanol–water partition coefficient (Wildman–Crippen LogP) is 1.99. The van der Waals surface area contributed by atoms with Crippen LogP contribution in [0.25, 0.3) is 0 Å². The zero-order chi connectivity index (χ0) is 16.9. The third kappa shape index (κ3) is 3.68. The highest BCUT2D eigenvalue weighted by atomic mass is 16.5. The minimum atomic E-state index is 0.551. The Morgan fingerprint density at radius 2 is 1.83 bits per heavy atom. The number of aromatic nitrogens is 2. The molecule has 1 aliphatic heterocycles. The SMILES string of the molecule is COc1ccc(Nc2nccc(N3CCN(C)CC3)n2)c(OC)c1. The molecule has 1 aliphatic rings. The number of likely N-dealkylation sites (N-methyl/N-ethyl adjacent to an activating group) is 1. The van der Waals surface area contributed by atoms with Crippen LogP contribution in [0.2, 0.25) is 0 Å². The fourth-order valence-electron chi connectivity index (χ4n) is 2.64. The van der Waals surface area contributed by atoms with Crippen LogP contribution in [0, 0.1) is 0 Å². The van der Waals surface area contributed by atoms with Crippen molar-refractivity contribution >= 4 is 17.5 Å². The van der Waals surface area contributed by atoms with Crippen molar-refractivity contribution in [3.8, 4) is 11.5 Å². The van der Waals surface area contributed by atoms with Crippen LogP contribution in [0.15, 0.2) is 30.5 Å². The highest BCUT2D eigenvalue weighted by Crippen LogP contribution is 2.30. The first kappa shape index (κ1) is 16.3. The van der Waals surface area contributed by atoms with Crippen molar-refractivity contribution in [3.63, 3.8) is 0 Å². The molecule has 1 saturated heterocycles. The number of nitrogens with one attached hydrogen (secondary N) is 1. The van der Waals surface area contributed by atoms with Gasteiger partial charge in [0.15, 0.2) is 0 Å². The molecule has 1 N–H and O–H groups in total. The van der Waals surface area contributed by atoms with Crippen molar-refractivity contribution in [3.05, 3.63) is 30.5 Å². The molecule has 1 aromatic heterocycles. The molecule has 2 heterocycles. The Kier molecular flexibility index (Phi) is 5.00. The predicted molar refractivity (Wildman–Crippen MR) is 94.6 cm³/mol. The monoisotopic (exact) mass is 329 g/mol. The Labute approximate surface area is 142 Å². The van der Waals surface area contributed by atoms with E-state index in [0.717, 1.165) is 43.4 Å². The largest absolute Gasteiger partial charge is 0.497 e. The minimum absolute atomic E-state index is 0.551. The van der Waals surface area contributed by atoms with Crippen molar-refractivity contribution in [2.75, 3.05) is 57.7 Å². The molecule has 1 fully saturated rings. The van der Waals surface area contributed by atoms with Gasteiger partial charge < -0.3 is 24.6 Å². The van der Waals surface area contributed by atoms with Crippen LogP contribution in [-0.2, 0) is 0 Å². The average Bonchev–Trinajstić information content (AvgIpc) is 2.63. The van der Waals surface area contributed by atoms with E-state index < -0.39 is 0 Å². The second-order valence-corrected chi connectivity index (χ2v) is 5.72. The Balaban J connectivity index is 1.77. The van der Waals surface area contributed by atoms with Gasteiger partial charge in [-0.3, -0.25) is 0 Å². The van der Waals surface area contributed by atoms with Crippen LogP contribution in [0.1, 0.15) is 0 Å². The van der Waals surface area contributed by atoms with Crippen LogP contribution < -0.4 is 19.7 Å². The van der Waals surface area contributed by atoms with Gasteiger partial charge in [-0.2, -0.15) is 4.98 Å². The standard InChI is InChI=1S/C17H23N5O2/c1-21-8-10-22(11-9-21)16-6-7-18-17(20-16)19-14-5-4-13(23-2)12-15(14)24-3/h4-7,12H,8-11H2,1-3H3,(H,18,19,20). The lowest BCUT2D eigenvalue weighted by molar-refractivity contribution is 0.312. The number of ether oxygens (including phenoxy) is 2. The Bertz CT molecular complexity index is 686. The summed E-state index contributed by atoms with van der Waals surface area (Å²) in [5.41, 5.74) is 0.800. The second-order valence-electron chi connectivity index (χ2n) is 5.72. The molecule has 0 spiro atoms. The van der Waals surface area contributed by atoms with Crippen LogP contribution in [0.4, 0.5) is 17.5 Å². The summed E-state index contributed by atoms with van der Waals surface area (Å²) in [6.07, 6.45) is 1.78. The van der Waals surface area contributed by atoms with E-state index in [1.54, 1.807) is 20.4 Å². The Morgan fingerprint density at radius 3 is 2.54 bits per heavy atom. The topological polar surface area (TPSA) is 62.8 Å². The van der Waals surface area contributed by atoms with E-state index in [1.165, 1.54) is 0 Å². The molecule has 24 heavy (non-hydrogen) atoms. The average molecular weight is 329 g/mol. The highest BCUT2D eigenvalue weighted by molar-refractivity contribution is 5.65. The molecule has 128 valence electrons. The number of piperazine rings is 1. The van der Waals surface area contributed by atoms with Crippen molar-refractivity contribution in [2.24, 2.45) is 0 Å². The van der Waals surface area contributed by atoms with Gasteiger partial charge in [-0.15, -0.1) is 0 Å². The van der Waals surface area contributed by atoms with Crippen molar-refractivity contribution < 1.29 is 9.47 Å². The van der Waals surface area contributed by atoms with Crippen molar-refractivity contribution in [2.45, 2.75) is 0 Å². The molecule has 0 aliphatic carbocycles. The number of hydrogen-bond acceptors (Lipinski definition) is 7. The van der Waals surface area contributed by atoms with Crippen LogP contribution in [0.3, 0.4) is 0 Å². The number of nitrogens with zero attached hydrogens (tertiary/aromatic N) is 4. The normalized spacial score (nSPS) is 15.2. The molecular weight excluding hydrogens is 306 g/mol. The number of methoxy groups -OCH3 is 2. The van der Waals surface area contributed by atoms with Gasteiger partial charge in [0.25, 0.3) is 0 Å². The van der Waals surface area contributed by atoms with Crippen molar-refractivity contribution in [1.82, 2.24) is 14.9 Å². The quantitative estimate of drug-likeness (QED) is 0.900. The molecule has 7 nitrogen and oxygen atoms in total. The van der Waals surface area contributed by atoms with E-state index in [1.807, 2.05) is 24.3 Å². The molecule has 3 rings (SSSR count). The lowest BCUT2D eigenvalue weighted by Crippen LogP contribution is -2.44. The first-order valence-electron chi connectivity index (χ1n) is 7.95. The Morgan fingerprint density at radius 1 is 1.04 bits per heavy atom. The first-order valence-corrected chi connectivity index (χ1v) is 7.95. The molecule has 0 radical (unpaired) electrons. The van der Waals surface area contributed by atoms with E-state index in [4.69, 9.17) is 9.47 Å². The molecule has 0 saturated carbocycles. The van der Waals surface area contributed by atoms with Gasteiger partial charge in [0, 0.05) is 38.4 Å². The summed E-state index contributed by atoms with van der Waals surface area (Å²) in [4.78, 5) is 13.5. The van der Waals surface area contributed by atoms with Gasteiger partial charge in [-0.25, -0.2) is 4.98 Å². The molecule has 7 heteroatoms. The first-order chi connectivity index (χ1) is 11.7. The molecular formula is C17H23N5O2. The van der Waals surface area contributed by atoms with Gasteiger partial charge in [0.1, 0.15) is 17.3 Å². The van der Waals surface area contributed by atoms with Crippen LogP contribution in [0.5, 0.6) is 11.5 Å². The van der Waals surface area contributed by atoms with Gasteiger partial charge in [0.05, 0.1) is 19.9 Å². The van der Waals surface area contributed by atoms with Crippen LogP contribution >= 0.6 is 0 Å². The lowest BCUT2D eigenvalue weighted by atomic mass is 10.2. The number of rotatable bonds is 5. The van der Waals surface area contributed by atoms with E-state index in [-0.39, 0.29) is 0 Å². The zero-order valence-electron chi connectivity index (χ0n) is 14.3. The second kappa shape index (κ2) is 7.35. The summed E-state index contributed by atoms with van der Waals surface area (Å²) >= 11 is 0. The molecule has 0 unspecified atom stereocenters. The van der Waals surface area contributed by atoms with E-state index in [2.05, 4.69) is 32.1 Å². The highest BCUT2D eigenvalue weighted by Gasteiger charge is 2.16. The van der Waals surface area contributed by atoms with E-state index in [9.17, 15) is 0 Å². The summed E-state index contributed by atoms with van der Waals surface area (Å²) in [5, 5.41) is 3.22. The number of benzene rings is 1. The maximum atomic E-state index is 5.40. The van der Waals surface area contributed by atoms with Gasteiger partial charge in [0.2, 0.25) is 5.95 Å². The van der Waals surface area contributed by atoms with Crippen LogP contribution in [-0.4, -0.2) is 62.3 Å². The molecule has 0 atom stereocenters. The molecule has 1 aromatic carbocycles. The maximum absolute atomic E-state index is 5.40. The summed E-state index contributed by atoms with van der Waals surface area (Å²) in [6, 6.07) is 7.53. The summed E-state index contributed by atoms with van der Waals surface area (Å²) < 4.78 is 10.6. The zero-order valence-corrected chi connectivity index (χ0v) is 14.3. The maximum Gasteiger partial charge on any atom is 0.229 e. The van der Waals surface area contributed by atoms with Gasteiger partial charge in [-0.05, 0) is 25.2 Å². The number of anilines is 3. The van der Waals surface area contributed by atoms with E-state index in [0.29, 0.717) is 11.7 Å². The summed E-state index contributed by atoms with van der Waals surface area (Å²) in [5.74, 6) is 2.91. The fourth-order valence-corrected chi connectivity index (χ4v) is 2.64. The van der Waals surface area contributed by atoms with Gasteiger partial charge >= 0.3 is 0 Å². The minimum Gasteiger partial charge on any atom is -0.497 e. The summed E-state index contributed by atoms with van der Waals surface area (Å²) in [6.45, 7) is 4.02. The lowest BCUT2D eigenvalue weighted by Gasteiger charge is -2.33. The third-order valence-electron chi connectivity index (χ3n) is 4.12. The summed E-state index contributed by atoms with van der Waals surface area (Å²) in [7, 11) is 5.40. The molecule has 0 amide bonds. The van der Waals surface area contributed by atoms with Crippen molar-refractivity contribution in [1.29, 1.82) is 0 Å². The number of hydrogen-bond donors (Lipinski definition) is 1. The fraction of sp³-hybridized carbons (Fsp3) is 0.412. The smallest absolute Gasteiger partial charge is 0.229 e.